The average molecular weight is 340 g/mol. The number of amides is 1. The smallest absolute Gasteiger partial charge is 0.290 e. The first-order valence-electron chi connectivity index (χ1n) is 7.31. The van der Waals surface area contributed by atoms with Crippen molar-refractivity contribution in [1.29, 1.82) is 0 Å². The number of anilines is 2. The van der Waals surface area contributed by atoms with Gasteiger partial charge in [0.15, 0.2) is 0 Å². The summed E-state index contributed by atoms with van der Waals surface area (Å²) in [6.45, 7) is 1.70. The van der Waals surface area contributed by atoms with Gasteiger partial charge in [-0.1, -0.05) is 24.3 Å². The van der Waals surface area contributed by atoms with Crippen molar-refractivity contribution in [3.63, 3.8) is 0 Å². The highest BCUT2D eigenvalue weighted by molar-refractivity contribution is 7.13. The van der Waals surface area contributed by atoms with E-state index in [0.717, 1.165) is 15.1 Å². The quantitative estimate of drug-likeness (QED) is 0.763. The number of aromatic nitrogens is 2. The van der Waals surface area contributed by atoms with Crippen LogP contribution in [0.25, 0.3) is 10.6 Å². The number of hydrogen-bond acceptors (Lipinski definition) is 5. The van der Waals surface area contributed by atoms with Gasteiger partial charge in [-0.05, 0) is 36.1 Å². The van der Waals surface area contributed by atoms with Crippen molar-refractivity contribution in [3.8, 4) is 10.6 Å². The fourth-order valence-corrected chi connectivity index (χ4v) is 2.93. The predicted octanol–water partition coefficient (Wildman–Crippen LogP) is 2.50. The second-order valence-corrected chi connectivity index (χ2v) is 6.24. The molecule has 24 heavy (non-hydrogen) atoms. The number of thiophene rings is 1. The van der Waals surface area contributed by atoms with Crippen LogP contribution in [0.1, 0.15) is 5.56 Å². The van der Waals surface area contributed by atoms with E-state index in [1.807, 2.05) is 42.6 Å². The summed E-state index contributed by atoms with van der Waals surface area (Å²) in [6.07, 6.45) is 0. The minimum absolute atomic E-state index is 0.0668. The monoisotopic (exact) mass is 340 g/mol. The van der Waals surface area contributed by atoms with Gasteiger partial charge in [0.05, 0.1) is 4.88 Å². The number of aryl methyl sites for hydroxylation is 1. The number of para-hydroxylation sites is 1. The van der Waals surface area contributed by atoms with E-state index >= 15 is 0 Å². The minimum Gasteiger partial charge on any atom is -0.394 e. The molecule has 0 aliphatic rings. The largest absolute Gasteiger partial charge is 0.394 e. The molecule has 7 heteroatoms. The van der Waals surface area contributed by atoms with Crippen LogP contribution in [0, 0.1) is 6.92 Å². The SMILES string of the molecule is Cc1ccccc1NC(=O)Cn1nc(-c2cccs2)cc(N)c1=O. The molecule has 2 aromatic heterocycles. The van der Waals surface area contributed by atoms with Gasteiger partial charge in [-0.25, -0.2) is 4.68 Å². The molecule has 0 radical (unpaired) electrons. The zero-order valence-corrected chi connectivity index (χ0v) is 13.8. The summed E-state index contributed by atoms with van der Waals surface area (Å²) in [5.74, 6) is -0.332. The Morgan fingerprint density at radius 2 is 2.08 bits per heavy atom. The highest BCUT2D eigenvalue weighted by Crippen LogP contribution is 2.22. The molecule has 0 spiro atoms. The van der Waals surface area contributed by atoms with Crippen LogP contribution < -0.4 is 16.6 Å². The second-order valence-electron chi connectivity index (χ2n) is 5.29. The summed E-state index contributed by atoms with van der Waals surface area (Å²) in [4.78, 5) is 25.3. The number of nitrogens with two attached hydrogens (primary N) is 1. The molecule has 1 aromatic carbocycles. The summed E-state index contributed by atoms with van der Waals surface area (Å²) in [5.41, 5.74) is 7.59. The summed E-state index contributed by atoms with van der Waals surface area (Å²) < 4.78 is 1.10. The van der Waals surface area contributed by atoms with Crippen LogP contribution >= 0.6 is 11.3 Å². The highest BCUT2D eigenvalue weighted by Gasteiger charge is 2.12. The van der Waals surface area contributed by atoms with Crippen LogP contribution in [-0.2, 0) is 11.3 Å². The first-order chi connectivity index (χ1) is 11.5. The standard InChI is InChI=1S/C17H16N4O2S/c1-11-5-2-3-6-13(11)19-16(22)10-21-17(23)12(18)9-14(20-21)15-7-4-8-24-15/h2-9H,10,18H2,1H3,(H,19,22). The molecule has 0 unspecified atom stereocenters. The number of rotatable bonds is 4. The van der Waals surface area contributed by atoms with Crippen LogP contribution in [0.5, 0.6) is 0 Å². The maximum absolute atomic E-state index is 12.2. The van der Waals surface area contributed by atoms with Crippen LogP contribution in [-0.4, -0.2) is 15.7 Å². The fraction of sp³-hybridized carbons (Fsp3) is 0.118. The highest BCUT2D eigenvalue weighted by atomic mass is 32.1. The lowest BCUT2D eigenvalue weighted by molar-refractivity contribution is -0.117. The lowest BCUT2D eigenvalue weighted by Crippen LogP contribution is -2.31. The third-order valence-corrected chi connectivity index (χ3v) is 4.38. The van der Waals surface area contributed by atoms with Gasteiger partial charge in [0.1, 0.15) is 17.9 Å². The Morgan fingerprint density at radius 3 is 2.79 bits per heavy atom. The molecular formula is C17H16N4O2S. The Kier molecular flexibility index (Phi) is 4.43. The molecule has 6 nitrogen and oxygen atoms in total. The van der Waals surface area contributed by atoms with Gasteiger partial charge in [-0.15, -0.1) is 11.3 Å². The summed E-state index contributed by atoms with van der Waals surface area (Å²) >= 11 is 1.49. The van der Waals surface area contributed by atoms with Crippen molar-refractivity contribution >= 4 is 28.6 Å². The Bertz CT molecular complexity index is 932. The van der Waals surface area contributed by atoms with Crippen LogP contribution in [0.3, 0.4) is 0 Å². The van der Waals surface area contributed by atoms with Gasteiger partial charge in [0, 0.05) is 5.69 Å². The summed E-state index contributed by atoms with van der Waals surface area (Å²) in [5, 5.41) is 8.95. The molecule has 3 rings (SSSR count). The Balaban J connectivity index is 1.85. The maximum Gasteiger partial charge on any atom is 0.290 e. The molecule has 0 aliphatic carbocycles. The van der Waals surface area contributed by atoms with E-state index in [0.29, 0.717) is 11.4 Å². The minimum atomic E-state index is -0.477. The van der Waals surface area contributed by atoms with E-state index in [2.05, 4.69) is 10.4 Å². The zero-order valence-electron chi connectivity index (χ0n) is 13.0. The van der Waals surface area contributed by atoms with Crippen LogP contribution in [0.4, 0.5) is 11.4 Å². The lowest BCUT2D eigenvalue weighted by atomic mass is 10.2. The molecule has 0 bridgehead atoms. The number of hydrogen-bond donors (Lipinski definition) is 2. The summed E-state index contributed by atoms with van der Waals surface area (Å²) in [6, 6.07) is 12.7. The van der Waals surface area contributed by atoms with Gasteiger partial charge in [0.25, 0.3) is 5.56 Å². The van der Waals surface area contributed by atoms with Gasteiger partial charge in [0.2, 0.25) is 5.91 Å². The van der Waals surface area contributed by atoms with Crippen LogP contribution in [0.2, 0.25) is 0 Å². The molecule has 0 saturated carbocycles. The van der Waals surface area contributed by atoms with Crippen molar-refractivity contribution in [2.75, 3.05) is 11.1 Å². The molecule has 0 aliphatic heterocycles. The van der Waals surface area contributed by atoms with Crippen molar-refractivity contribution in [3.05, 3.63) is 63.8 Å². The molecule has 0 fully saturated rings. The van der Waals surface area contributed by atoms with E-state index in [1.165, 1.54) is 17.4 Å². The van der Waals surface area contributed by atoms with Crippen molar-refractivity contribution in [1.82, 2.24) is 9.78 Å². The van der Waals surface area contributed by atoms with Crippen molar-refractivity contribution < 1.29 is 4.79 Å². The maximum atomic E-state index is 12.2. The van der Waals surface area contributed by atoms with Crippen LogP contribution in [0.15, 0.2) is 52.6 Å². The first-order valence-corrected chi connectivity index (χ1v) is 8.19. The molecule has 0 saturated heterocycles. The third-order valence-electron chi connectivity index (χ3n) is 3.49. The number of benzene rings is 1. The molecule has 1 amide bonds. The number of nitrogens with zero attached hydrogens (tertiary/aromatic N) is 2. The first kappa shape index (κ1) is 15.9. The van der Waals surface area contributed by atoms with E-state index in [4.69, 9.17) is 5.73 Å². The second kappa shape index (κ2) is 6.67. The molecule has 0 atom stereocenters. The molecule has 3 N–H and O–H groups in total. The summed E-state index contributed by atoms with van der Waals surface area (Å²) in [7, 11) is 0. The topological polar surface area (TPSA) is 90.0 Å². The number of nitrogen functional groups attached to an aromatic ring is 1. The zero-order chi connectivity index (χ0) is 17.1. The molecular weight excluding hydrogens is 324 g/mol. The van der Waals surface area contributed by atoms with Crippen molar-refractivity contribution in [2.24, 2.45) is 0 Å². The van der Waals surface area contributed by atoms with E-state index in [-0.39, 0.29) is 18.1 Å². The Hall–Kier alpha value is -2.93. The normalized spacial score (nSPS) is 10.5. The number of nitrogens with one attached hydrogen (secondary N) is 1. The number of carbonyl (C=O) groups is 1. The van der Waals surface area contributed by atoms with E-state index < -0.39 is 5.56 Å². The Labute approximate surface area is 142 Å². The Morgan fingerprint density at radius 1 is 1.29 bits per heavy atom. The fourth-order valence-electron chi connectivity index (χ4n) is 2.25. The van der Waals surface area contributed by atoms with E-state index in [9.17, 15) is 9.59 Å². The van der Waals surface area contributed by atoms with Gasteiger partial charge in [-0.3, -0.25) is 9.59 Å². The van der Waals surface area contributed by atoms with Gasteiger partial charge < -0.3 is 11.1 Å². The molecule has 3 aromatic rings. The van der Waals surface area contributed by atoms with Gasteiger partial charge in [-0.2, -0.15) is 5.10 Å². The predicted molar refractivity (Wildman–Crippen MR) is 96.0 cm³/mol. The molecule has 122 valence electrons. The average Bonchev–Trinajstić information content (AvgIpc) is 3.08. The molecule has 2 heterocycles. The van der Waals surface area contributed by atoms with Crippen molar-refractivity contribution in [2.45, 2.75) is 13.5 Å². The lowest BCUT2D eigenvalue weighted by Gasteiger charge is -2.10. The van der Waals surface area contributed by atoms with Gasteiger partial charge >= 0.3 is 0 Å². The number of carbonyl (C=O) groups excluding carboxylic acids is 1. The van der Waals surface area contributed by atoms with E-state index in [1.54, 1.807) is 6.07 Å². The third kappa shape index (κ3) is 3.36.